The molecule has 4 bridgehead atoms. The second-order valence-corrected chi connectivity index (χ2v) is 5.79. The first-order valence-electron chi connectivity index (χ1n) is 4.35. The number of hydrogen-bond donors (Lipinski definition) is 1. The van der Waals surface area contributed by atoms with E-state index in [1.54, 1.807) is 23.5 Å². The van der Waals surface area contributed by atoms with Gasteiger partial charge in [0.2, 0.25) is 0 Å². The summed E-state index contributed by atoms with van der Waals surface area (Å²) in [5.74, 6) is 0.367. The van der Waals surface area contributed by atoms with Gasteiger partial charge in [-0.1, -0.05) is 17.8 Å². The van der Waals surface area contributed by atoms with E-state index in [4.69, 9.17) is 0 Å². The summed E-state index contributed by atoms with van der Waals surface area (Å²) in [6, 6.07) is 0.397. The number of fused-ring (bicyclic) bond motifs is 2. The maximum absolute atomic E-state index is 11.8. The lowest BCUT2D eigenvalue weighted by molar-refractivity contribution is -0.114. The Kier molecular flexibility index (Phi) is 1.82. The van der Waals surface area contributed by atoms with Crippen LogP contribution in [0.2, 0.25) is 0 Å². The van der Waals surface area contributed by atoms with Crippen molar-refractivity contribution in [3.8, 4) is 0 Å². The zero-order chi connectivity index (χ0) is 8.84. The van der Waals surface area contributed by atoms with Gasteiger partial charge in [-0.05, 0) is 11.8 Å². The van der Waals surface area contributed by atoms with E-state index >= 15 is 0 Å². The van der Waals surface area contributed by atoms with E-state index in [1.165, 1.54) is 4.24 Å². The van der Waals surface area contributed by atoms with Gasteiger partial charge in [-0.15, -0.1) is 11.8 Å². The molecule has 13 heavy (non-hydrogen) atoms. The second kappa shape index (κ2) is 2.90. The highest BCUT2D eigenvalue weighted by molar-refractivity contribution is 8.24. The summed E-state index contributed by atoms with van der Waals surface area (Å²) >= 11 is 3.47. The molecular weight excluding hydrogens is 202 g/mol. The van der Waals surface area contributed by atoms with E-state index in [1.807, 2.05) is 0 Å². The standard InChI is InChI=1S/C9H9NOS2/c11-8-6-4-10-5-1-2-12-9(6)13-7(8)3-5/h1-2,5,7,10H,3-4H2. The van der Waals surface area contributed by atoms with E-state index in [0.29, 0.717) is 11.8 Å². The van der Waals surface area contributed by atoms with Crippen LogP contribution in [0.15, 0.2) is 21.3 Å². The average molecular weight is 211 g/mol. The van der Waals surface area contributed by atoms with Crippen LogP contribution in [0, 0.1) is 0 Å². The first-order chi connectivity index (χ1) is 6.34. The molecule has 0 aromatic heterocycles. The summed E-state index contributed by atoms with van der Waals surface area (Å²) in [5.41, 5.74) is 1.02. The van der Waals surface area contributed by atoms with Gasteiger partial charge in [0, 0.05) is 18.2 Å². The first-order valence-corrected chi connectivity index (χ1v) is 6.11. The Bertz CT molecular complexity index is 335. The molecule has 1 fully saturated rings. The Labute approximate surface area is 85.2 Å². The Morgan fingerprint density at radius 1 is 1.54 bits per heavy atom. The number of carbonyl (C=O) groups is 1. The van der Waals surface area contributed by atoms with E-state index in [0.717, 1.165) is 18.5 Å². The third-order valence-corrected chi connectivity index (χ3v) is 5.06. The average Bonchev–Trinajstić information content (AvgIpc) is 2.19. The predicted octanol–water partition coefficient (Wildman–Crippen LogP) is 1.50. The number of Topliss-reactive ketones (excluding diaryl/α,β-unsaturated/α-hetero) is 1. The lowest BCUT2D eigenvalue weighted by Crippen LogP contribution is -2.29. The highest BCUT2D eigenvalue weighted by Gasteiger charge is 2.38. The molecule has 0 aromatic carbocycles. The molecule has 2 atom stereocenters. The number of carbonyl (C=O) groups excluding carboxylic acids is 1. The van der Waals surface area contributed by atoms with Crippen LogP contribution in [-0.2, 0) is 4.79 Å². The van der Waals surface area contributed by atoms with Crippen molar-refractivity contribution in [1.82, 2.24) is 5.32 Å². The summed E-state index contributed by atoms with van der Waals surface area (Å²) < 4.78 is 1.22. The maximum atomic E-state index is 11.8. The molecule has 0 radical (unpaired) electrons. The van der Waals surface area contributed by atoms with E-state index in [9.17, 15) is 4.79 Å². The molecule has 0 aromatic rings. The SMILES string of the molecule is O=C1C2=C3SC=CC(CC1S3)NC2. The van der Waals surface area contributed by atoms with Crippen LogP contribution in [0.3, 0.4) is 0 Å². The minimum Gasteiger partial charge on any atom is -0.306 e. The van der Waals surface area contributed by atoms with Gasteiger partial charge in [0.05, 0.1) is 9.49 Å². The molecular formula is C9H9NOS2. The lowest BCUT2D eigenvalue weighted by atomic mass is 10.1. The number of thioether (sulfide) groups is 2. The van der Waals surface area contributed by atoms with Crippen molar-refractivity contribution in [2.24, 2.45) is 0 Å². The Balaban J connectivity index is 2.11. The molecule has 1 saturated heterocycles. The van der Waals surface area contributed by atoms with Gasteiger partial charge >= 0.3 is 0 Å². The fourth-order valence-corrected chi connectivity index (χ4v) is 4.42. The van der Waals surface area contributed by atoms with Crippen molar-refractivity contribution in [3.05, 3.63) is 21.3 Å². The molecule has 4 aliphatic heterocycles. The number of hydrogen-bond acceptors (Lipinski definition) is 4. The van der Waals surface area contributed by atoms with Crippen LogP contribution < -0.4 is 5.32 Å². The number of ketones is 1. The minimum atomic E-state index is 0.197. The summed E-state index contributed by atoms with van der Waals surface area (Å²) in [6.45, 7) is 0.764. The Hall–Kier alpha value is -0.190. The largest absolute Gasteiger partial charge is 0.306 e. The van der Waals surface area contributed by atoms with Crippen LogP contribution in [0.4, 0.5) is 0 Å². The minimum absolute atomic E-state index is 0.197. The topological polar surface area (TPSA) is 29.1 Å². The van der Waals surface area contributed by atoms with Gasteiger partial charge in [0.25, 0.3) is 0 Å². The monoisotopic (exact) mass is 211 g/mol. The van der Waals surface area contributed by atoms with Crippen LogP contribution >= 0.6 is 23.5 Å². The van der Waals surface area contributed by atoms with Crippen molar-refractivity contribution < 1.29 is 4.79 Å². The number of nitrogens with one attached hydrogen (secondary N) is 1. The summed E-state index contributed by atoms with van der Waals surface area (Å²) in [5, 5.41) is 5.68. The van der Waals surface area contributed by atoms with Crippen LogP contribution in [0.1, 0.15) is 6.42 Å². The van der Waals surface area contributed by atoms with Gasteiger partial charge < -0.3 is 5.32 Å². The summed E-state index contributed by atoms with van der Waals surface area (Å²) in [6.07, 6.45) is 3.13. The highest BCUT2D eigenvalue weighted by atomic mass is 32.2. The van der Waals surface area contributed by atoms with Crippen molar-refractivity contribution in [2.75, 3.05) is 6.54 Å². The molecule has 68 valence electrons. The third kappa shape index (κ3) is 1.20. The lowest BCUT2D eigenvalue weighted by Gasteiger charge is -2.19. The Morgan fingerprint density at radius 2 is 2.46 bits per heavy atom. The Morgan fingerprint density at radius 3 is 3.38 bits per heavy atom. The first kappa shape index (κ1) is 8.15. The van der Waals surface area contributed by atoms with Gasteiger partial charge in [0.15, 0.2) is 5.78 Å². The molecule has 0 amide bonds. The molecule has 4 rings (SSSR count). The van der Waals surface area contributed by atoms with Crippen LogP contribution in [-0.4, -0.2) is 23.6 Å². The predicted molar refractivity (Wildman–Crippen MR) is 56.6 cm³/mol. The maximum Gasteiger partial charge on any atom is 0.175 e. The highest BCUT2D eigenvalue weighted by Crippen LogP contribution is 2.46. The van der Waals surface area contributed by atoms with Crippen molar-refractivity contribution in [3.63, 3.8) is 0 Å². The number of rotatable bonds is 0. The van der Waals surface area contributed by atoms with Gasteiger partial charge in [-0.25, -0.2) is 0 Å². The molecule has 4 heteroatoms. The second-order valence-electron chi connectivity index (χ2n) is 3.41. The van der Waals surface area contributed by atoms with Gasteiger partial charge in [0.1, 0.15) is 0 Å². The van der Waals surface area contributed by atoms with E-state index in [2.05, 4.69) is 16.8 Å². The summed E-state index contributed by atoms with van der Waals surface area (Å²) in [4.78, 5) is 11.8. The molecule has 1 N–H and O–H groups in total. The van der Waals surface area contributed by atoms with Gasteiger partial charge in [-0.3, -0.25) is 4.79 Å². The molecule has 0 spiro atoms. The molecule has 4 aliphatic rings. The van der Waals surface area contributed by atoms with Crippen molar-refractivity contribution in [1.29, 1.82) is 0 Å². The van der Waals surface area contributed by atoms with Crippen LogP contribution in [0.5, 0.6) is 0 Å². The fraction of sp³-hybridized carbons (Fsp3) is 0.444. The fourth-order valence-electron chi connectivity index (χ4n) is 1.85. The molecule has 0 saturated carbocycles. The third-order valence-electron chi connectivity index (χ3n) is 2.58. The molecule has 4 heterocycles. The molecule has 2 unspecified atom stereocenters. The summed E-state index contributed by atoms with van der Waals surface area (Å²) in [7, 11) is 0. The van der Waals surface area contributed by atoms with Crippen molar-refractivity contribution >= 4 is 29.3 Å². The zero-order valence-electron chi connectivity index (χ0n) is 6.95. The zero-order valence-corrected chi connectivity index (χ0v) is 8.58. The molecule has 0 aliphatic carbocycles. The quantitative estimate of drug-likeness (QED) is 0.657. The van der Waals surface area contributed by atoms with Crippen LogP contribution in [0.25, 0.3) is 0 Å². The van der Waals surface area contributed by atoms with E-state index < -0.39 is 0 Å². The molecule has 2 nitrogen and oxygen atoms in total. The van der Waals surface area contributed by atoms with E-state index in [-0.39, 0.29) is 5.25 Å². The smallest absolute Gasteiger partial charge is 0.175 e. The van der Waals surface area contributed by atoms with Gasteiger partial charge in [-0.2, -0.15) is 0 Å². The normalized spacial score (nSPS) is 36.8. The van der Waals surface area contributed by atoms with Crippen molar-refractivity contribution in [2.45, 2.75) is 17.7 Å².